The van der Waals surface area contributed by atoms with Crippen LogP contribution in [0.2, 0.25) is 0 Å². The van der Waals surface area contributed by atoms with Crippen molar-refractivity contribution in [1.29, 1.82) is 0 Å². The summed E-state index contributed by atoms with van der Waals surface area (Å²) in [6, 6.07) is 0. The molecule has 0 saturated carbocycles. The van der Waals surface area contributed by atoms with Gasteiger partial charge in [-0.15, -0.1) is 0 Å². The molecule has 0 amide bonds. The highest BCUT2D eigenvalue weighted by molar-refractivity contribution is 7.47. The molecule has 2 unspecified atom stereocenters. The number of phosphoric acid groups is 1. The van der Waals surface area contributed by atoms with Gasteiger partial charge in [0.2, 0.25) is 0 Å². The number of ether oxygens (including phenoxy) is 2. The number of nitrogens with zero attached hydrogens (tertiary/aromatic N) is 1. The standard InChI is InChI=1S/C55H100NO7P/c1-6-8-10-12-14-16-18-20-22-24-25-26-27-28-29-30-31-32-33-35-37-39-41-43-45-47-50-60-52-54(53-62-64(58,59)61-51-49-56(3,4)5)63-55(57)48-46-44-42-40-38-36-34-23-21-19-17-15-13-11-9-7-2/h8,10,14,16-17,19-20,22-23,25-26,34,54H,6-7,9,11-13,15,18,21,24,27-33,35-53H2,1-5H3/p+1/b10-8-,16-14-,19-17-,22-20-,26-25-,34-23-. The zero-order valence-electron chi connectivity index (χ0n) is 42.3. The van der Waals surface area contributed by atoms with E-state index in [1.165, 1.54) is 109 Å². The van der Waals surface area contributed by atoms with Crippen LogP contribution in [0.3, 0.4) is 0 Å². The van der Waals surface area contributed by atoms with Gasteiger partial charge in [0.15, 0.2) is 0 Å². The van der Waals surface area contributed by atoms with Crippen molar-refractivity contribution in [1.82, 2.24) is 0 Å². The van der Waals surface area contributed by atoms with Gasteiger partial charge in [-0.3, -0.25) is 13.8 Å². The minimum atomic E-state index is -4.29. The van der Waals surface area contributed by atoms with Crippen molar-refractivity contribution in [2.24, 2.45) is 0 Å². The van der Waals surface area contributed by atoms with Crippen LogP contribution >= 0.6 is 7.82 Å². The van der Waals surface area contributed by atoms with Crippen LogP contribution in [-0.2, 0) is 27.9 Å². The summed E-state index contributed by atoms with van der Waals surface area (Å²) in [6.07, 6.45) is 62.4. The lowest BCUT2D eigenvalue weighted by Gasteiger charge is -2.24. The molecule has 0 radical (unpaired) electrons. The van der Waals surface area contributed by atoms with E-state index in [1.807, 2.05) is 21.1 Å². The van der Waals surface area contributed by atoms with Crippen LogP contribution in [0.25, 0.3) is 0 Å². The van der Waals surface area contributed by atoms with E-state index >= 15 is 0 Å². The molecule has 0 aliphatic rings. The van der Waals surface area contributed by atoms with Crippen LogP contribution in [0.1, 0.15) is 213 Å². The average Bonchev–Trinajstić information content (AvgIpc) is 3.25. The fourth-order valence-electron chi connectivity index (χ4n) is 6.99. The molecule has 0 aliphatic carbocycles. The lowest BCUT2D eigenvalue weighted by atomic mass is 10.0. The van der Waals surface area contributed by atoms with E-state index in [0.717, 1.165) is 83.5 Å². The molecule has 0 spiro atoms. The highest BCUT2D eigenvalue weighted by Crippen LogP contribution is 2.43. The number of esters is 1. The maximum Gasteiger partial charge on any atom is 0.472 e. The predicted molar refractivity (Wildman–Crippen MR) is 275 cm³/mol. The minimum Gasteiger partial charge on any atom is -0.457 e. The fourth-order valence-corrected chi connectivity index (χ4v) is 7.73. The van der Waals surface area contributed by atoms with E-state index in [4.69, 9.17) is 18.5 Å². The van der Waals surface area contributed by atoms with Crippen molar-refractivity contribution in [2.75, 3.05) is 54.1 Å². The minimum absolute atomic E-state index is 0.0831. The van der Waals surface area contributed by atoms with Gasteiger partial charge >= 0.3 is 13.8 Å². The van der Waals surface area contributed by atoms with Crippen molar-refractivity contribution >= 4 is 13.8 Å². The first-order valence-corrected chi connectivity index (χ1v) is 27.7. The molecular formula is C55H101NO7P+. The first kappa shape index (κ1) is 61.9. The SMILES string of the molecule is CC/C=C\C/C=C\C/C=C\C/C=C\CCCCCCCCCCCCCCCOCC(COP(=O)(O)OCC[N+](C)(C)C)OC(=O)CCCCCCC/C=C\C/C=C\CCCCCC. The van der Waals surface area contributed by atoms with Crippen molar-refractivity contribution in [3.05, 3.63) is 72.9 Å². The fraction of sp³-hybridized carbons (Fsp3) is 0.764. The Labute approximate surface area is 395 Å². The maximum atomic E-state index is 12.7. The molecule has 0 bridgehead atoms. The van der Waals surface area contributed by atoms with E-state index < -0.39 is 13.9 Å². The van der Waals surface area contributed by atoms with Crippen LogP contribution in [0.5, 0.6) is 0 Å². The third kappa shape index (κ3) is 50.9. The van der Waals surface area contributed by atoms with Crippen LogP contribution < -0.4 is 0 Å². The van der Waals surface area contributed by atoms with Crippen LogP contribution in [-0.4, -0.2) is 75.6 Å². The van der Waals surface area contributed by atoms with Gasteiger partial charge in [-0.2, -0.15) is 0 Å². The molecule has 0 aromatic rings. The van der Waals surface area contributed by atoms with Gasteiger partial charge in [0.1, 0.15) is 19.3 Å². The molecule has 9 heteroatoms. The van der Waals surface area contributed by atoms with Gasteiger partial charge in [0.25, 0.3) is 0 Å². The Morgan fingerprint density at radius 2 is 0.906 bits per heavy atom. The number of hydrogen-bond donors (Lipinski definition) is 1. The molecule has 0 aromatic carbocycles. The van der Waals surface area contributed by atoms with Crippen LogP contribution in [0.15, 0.2) is 72.9 Å². The Hall–Kier alpha value is -2.06. The Balaban J connectivity index is 4.11. The second kappa shape index (κ2) is 47.4. The van der Waals surface area contributed by atoms with Crippen LogP contribution in [0, 0.1) is 0 Å². The summed E-state index contributed by atoms with van der Waals surface area (Å²) in [4.78, 5) is 23.0. The van der Waals surface area contributed by atoms with E-state index in [9.17, 15) is 14.3 Å². The number of carbonyl (C=O) groups is 1. The number of allylic oxidation sites excluding steroid dienone is 12. The lowest BCUT2D eigenvalue weighted by molar-refractivity contribution is -0.870. The quantitative estimate of drug-likeness (QED) is 0.0214. The van der Waals surface area contributed by atoms with Gasteiger partial charge in [0, 0.05) is 13.0 Å². The normalized spacial score (nSPS) is 14.2. The zero-order valence-corrected chi connectivity index (χ0v) is 43.1. The Morgan fingerprint density at radius 3 is 1.36 bits per heavy atom. The monoisotopic (exact) mass is 919 g/mol. The van der Waals surface area contributed by atoms with Crippen LogP contribution in [0.4, 0.5) is 0 Å². The van der Waals surface area contributed by atoms with Crippen molar-refractivity contribution in [3.8, 4) is 0 Å². The first-order valence-electron chi connectivity index (χ1n) is 26.2. The summed E-state index contributed by atoms with van der Waals surface area (Å²) >= 11 is 0. The van der Waals surface area contributed by atoms with E-state index in [1.54, 1.807) is 0 Å². The summed E-state index contributed by atoms with van der Waals surface area (Å²) in [6.45, 7) is 5.48. The molecule has 64 heavy (non-hydrogen) atoms. The van der Waals surface area contributed by atoms with Crippen molar-refractivity contribution in [3.63, 3.8) is 0 Å². The lowest BCUT2D eigenvalue weighted by Crippen LogP contribution is -2.37. The number of carbonyl (C=O) groups excluding carboxylic acids is 1. The third-order valence-electron chi connectivity index (χ3n) is 11.0. The van der Waals surface area contributed by atoms with Gasteiger partial charge in [-0.25, -0.2) is 4.57 Å². The van der Waals surface area contributed by atoms with Gasteiger partial charge in [-0.1, -0.05) is 196 Å². The molecule has 0 heterocycles. The molecule has 2 atom stereocenters. The number of phosphoric ester groups is 1. The zero-order chi connectivity index (χ0) is 46.9. The van der Waals surface area contributed by atoms with E-state index in [0.29, 0.717) is 24.1 Å². The summed E-state index contributed by atoms with van der Waals surface area (Å²) in [5, 5.41) is 0. The molecule has 0 saturated heterocycles. The molecule has 0 aromatic heterocycles. The van der Waals surface area contributed by atoms with E-state index in [2.05, 4.69) is 86.8 Å². The molecule has 0 aliphatic heterocycles. The second-order valence-corrected chi connectivity index (χ2v) is 20.0. The van der Waals surface area contributed by atoms with Crippen molar-refractivity contribution < 1.29 is 37.3 Å². The molecule has 372 valence electrons. The molecule has 8 nitrogen and oxygen atoms in total. The van der Waals surface area contributed by atoms with E-state index in [-0.39, 0.29) is 25.8 Å². The predicted octanol–water partition coefficient (Wildman–Crippen LogP) is 16.2. The largest absolute Gasteiger partial charge is 0.472 e. The number of quaternary nitrogens is 1. The van der Waals surface area contributed by atoms with Gasteiger partial charge in [0.05, 0.1) is 34.4 Å². The third-order valence-corrected chi connectivity index (χ3v) is 12.0. The summed E-state index contributed by atoms with van der Waals surface area (Å²) < 4.78 is 35.1. The van der Waals surface area contributed by atoms with Gasteiger partial charge < -0.3 is 18.9 Å². The highest BCUT2D eigenvalue weighted by atomic mass is 31.2. The van der Waals surface area contributed by atoms with Crippen molar-refractivity contribution in [2.45, 2.75) is 219 Å². The summed E-state index contributed by atoms with van der Waals surface area (Å²) in [5.74, 6) is -0.328. The molecule has 0 fully saturated rings. The average molecular weight is 919 g/mol. The Kier molecular flexibility index (Phi) is 45.9. The number of likely N-dealkylation sites (N-methyl/N-ethyl adjacent to an activating group) is 1. The molecule has 1 N–H and O–H groups in total. The topological polar surface area (TPSA) is 91.3 Å². The number of hydrogen-bond acceptors (Lipinski definition) is 6. The Morgan fingerprint density at radius 1 is 0.500 bits per heavy atom. The summed E-state index contributed by atoms with van der Waals surface area (Å²) in [5.41, 5.74) is 0. The maximum absolute atomic E-state index is 12.7. The molecule has 0 rings (SSSR count). The smallest absolute Gasteiger partial charge is 0.457 e. The highest BCUT2D eigenvalue weighted by Gasteiger charge is 2.26. The van der Waals surface area contributed by atoms with Gasteiger partial charge in [-0.05, 0) is 83.5 Å². The first-order chi connectivity index (χ1) is 31.1. The number of unbranched alkanes of at least 4 members (excludes halogenated alkanes) is 22. The molecular weight excluding hydrogens is 818 g/mol. The summed E-state index contributed by atoms with van der Waals surface area (Å²) in [7, 11) is 1.65. The second-order valence-electron chi connectivity index (χ2n) is 18.5. The number of rotatable bonds is 48. The Bertz CT molecular complexity index is 1250.